The molecule has 7 heteroatoms. The standard InChI is InChI=1S/C10H5FN4O2/c11-7-2-5-1-6(10(16)17)4-13-8(5)3-9(7)14-15-12/h1-4H,(H,16,17). The Hall–Kier alpha value is -2.66. The first-order chi connectivity index (χ1) is 8.11. The average Bonchev–Trinajstić information content (AvgIpc) is 2.29. The molecular formula is C10H5FN4O2. The fraction of sp³-hybridized carbons (Fsp3) is 0. The Morgan fingerprint density at radius 1 is 1.47 bits per heavy atom. The summed E-state index contributed by atoms with van der Waals surface area (Å²) in [6.07, 6.45) is 1.16. The maximum absolute atomic E-state index is 13.4. The van der Waals surface area contributed by atoms with Crippen molar-refractivity contribution in [2.24, 2.45) is 5.11 Å². The molecule has 1 aromatic heterocycles. The molecule has 0 saturated heterocycles. The molecule has 1 heterocycles. The molecule has 0 aliphatic carbocycles. The number of hydrogen-bond donors (Lipinski definition) is 1. The van der Waals surface area contributed by atoms with E-state index < -0.39 is 11.8 Å². The Kier molecular flexibility index (Phi) is 2.60. The number of nitrogens with zero attached hydrogens (tertiary/aromatic N) is 4. The van der Waals surface area contributed by atoms with Gasteiger partial charge in [-0.2, -0.15) is 0 Å². The van der Waals surface area contributed by atoms with Crippen LogP contribution < -0.4 is 0 Å². The largest absolute Gasteiger partial charge is 0.478 e. The number of benzene rings is 1. The molecule has 0 fully saturated rings. The first-order valence-corrected chi connectivity index (χ1v) is 4.49. The van der Waals surface area contributed by atoms with Gasteiger partial charge < -0.3 is 5.11 Å². The molecule has 0 spiro atoms. The number of aromatic carboxylic acids is 1. The van der Waals surface area contributed by atoms with E-state index in [9.17, 15) is 9.18 Å². The van der Waals surface area contributed by atoms with Gasteiger partial charge in [-0.25, -0.2) is 9.18 Å². The molecule has 0 bridgehead atoms. The second-order valence-electron chi connectivity index (χ2n) is 3.21. The minimum absolute atomic E-state index is 0.0339. The highest BCUT2D eigenvalue weighted by Crippen LogP contribution is 2.24. The SMILES string of the molecule is [N-]=[N+]=Nc1cc2ncc(C(=O)O)cc2cc1F. The summed E-state index contributed by atoms with van der Waals surface area (Å²) in [7, 11) is 0. The molecule has 17 heavy (non-hydrogen) atoms. The van der Waals surface area contributed by atoms with Gasteiger partial charge in [0.1, 0.15) is 5.82 Å². The molecule has 0 unspecified atom stereocenters. The Balaban J connectivity index is 2.69. The highest BCUT2D eigenvalue weighted by molar-refractivity contribution is 5.93. The second kappa shape index (κ2) is 4.07. The zero-order valence-corrected chi connectivity index (χ0v) is 8.33. The van der Waals surface area contributed by atoms with E-state index in [1.165, 1.54) is 12.1 Å². The van der Waals surface area contributed by atoms with Crippen LogP contribution in [0.5, 0.6) is 0 Å². The van der Waals surface area contributed by atoms with Crippen molar-refractivity contribution < 1.29 is 14.3 Å². The highest BCUT2D eigenvalue weighted by Gasteiger charge is 2.08. The van der Waals surface area contributed by atoms with Gasteiger partial charge in [0, 0.05) is 16.5 Å². The number of azide groups is 1. The number of carboxylic acid groups (broad SMARTS) is 1. The van der Waals surface area contributed by atoms with Crippen LogP contribution in [0.15, 0.2) is 29.5 Å². The second-order valence-corrected chi connectivity index (χ2v) is 3.21. The molecule has 0 atom stereocenters. The lowest BCUT2D eigenvalue weighted by molar-refractivity contribution is 0.0696. The van der Waals surface area contributed by atoms with E-state index in [2.05, 4.69) is 15.0 Å². The van der Waals surface area contributed by atoms with Crippen LogP contribution in [0.1, 0.15) is 10.4 Å². The van der Waals surface area contributed by atoms with E-state index in [0.29, 0.717) is 10.9 Å². The quantitative estimate of drug-likeness (QED) is 0.489. The molecule has 2 aromatic rings. The summed E-state index contributed by atoms with van der Waals surface area (Å²) < 4.78 is 13.4. The van der Waals surface area contributed by atoms with Crippen molar-refractivity contribution in [2.45, 2.75) is 0 Å². The van der Waals surface area contributed by atoms with Gasteiger partial charge in [-0.05, 0) is 23.7 Å². The minimum Gasteiger partial charge on any atom is -0.478 e. The Bertz CT molecular complexity index is 665. The van der Waals surface area contributed by atoms with Gasteiger partial charge in [-0.3, -0.25) is 4.98 Å². The van der Waals surface area contributed by atoms with E-state index >= 15 is 0 Å². The third-order valence-electron chi connectivity index (χ3n) is 2.15. The predicted molar refractivity (Wildman–Crippen MR) is 57.5 cm³/mol. The number of hydrogen-bond acceptors (Lipinski definition) is 3. The predicted octanol–water partition coefficient (Wildman–Crippen LogP) is 3.01. The molecule has 0 aliphatic heterocycles. The van der Waals surface area contributed by atoms with Crippen molar-refractivity contribution in [3.8, 4) is 0 Å². The topological polar surface area (TPSA) is 99.0 Å². The fourth-order valence-corrected chi connectivity index (χ4v) is 1.38. The van der Waals surface area contributed by atoms with Crippen molar-refractivity contribution in [1.29, 1.82) is 0 Å². The molecular weight excluding hydrogens is 227 g/mol. The zero-order chi connectivity index (χ0) is 12.4. The van der Waals surface area contributed by atoms with Crippen LogP contribution in [0.3, 0.4) is 0 Å². The van der Waals surface area contributed by atoms with E-state index in [1.54, 1.807) is 0 Å². The lowest BCUT2D eigenvalue weighted by atomic mass is 10.1. The van der Waals surface area contributed by atoms with E-state index in [4.69, 9.17) is 10.6 Å². The molecule has 1 aromatic carbocycles. The maximum Gasteiger partial charge on any atom is 0.337 e. The minimum atomic E-state index is -1.14. The fourth-order valence-electron chi connectivity index (χ4n) is 1.38. The van der Waals surface area contributed by atoms with Gasteiger partial charge in [0.2, 0.25) is 0 Å². The molecule has 2 rings (SSSR count). The molecule has 1 N–H and O–H groups in total. The van der Waals surface area contributed by atoms with Crippen molar-refractivity contribution in [3.05, 3.63) is 46.2 Å². The third-order valence-corrected chi connectivity index (χ3v) is 2.15. The van der Waals surface area contributed by atoms with Gasteiger partial charge in [0.15, 0.2) is 0 Å². The summed E-state index contributed by atoms with van der Waals surface area (Å²) in [5.74, 6) is -1.86. The summed E-state index contributed by atoms with van der Waals surface area (Å²) in [6, 6.07) is 3.64. The molecule has 84 valence electrons. The molecule has 0 saturated carbocycles. The average molecular weight is 232 g/mol. The number of carboxylic acids is 1. The molecule has 6 nitrogen and oxygen atoms in total. The van der Waals surface area contributed by atoms with Crippen LogP contribution in [0.25, 0.3) is 21.3 Å². The van der Waals surface area contributed by atoms with Crippen molar-refractivity contribution in [3.63, 3.8) is 0 Å². The summed E-state index contributed by atoms with van der Waals surface area (Å²) in [6.45, 7) is 0. The number of fused-ring (bicyclic) bond motifs is 1. The van der Waals surface area contributed by atoms with Crippen LogP contribution in [0, 0.1) is 5.82 Å². The van der Waals surface area contributed by atoms with Crippen LogP contribution in [-0.4, -0.2) is 16.1 Å². The molecule has 0 amide bonds. The number of rotatable bonds is 2. The van der Waals surface area contributed by atoms with Gasteiger partial charge in [0.05, 0.1) is 16.8 Å². The third kappa shape index (κ3) is 1.99. The number of halogens is 1. The number of pyridine rings is 1. The Morgan fingerprint density at radius 2 is 2.24 bits per heavy atom. The number of aromatic nitrogens is 1. The van der Waals surface area contributed by atoms with Crippen LogP contribution >= 0.6 is 0 Å². The maximum atomic E-state index is 13.4. The number of carbonyl (C=O) groups is 1. The van der Waals surface area contributed by atoms with Crippen LogP contribution in [-0.2, 0) is 0 Å². The molecule has 0 radical (unpaired) electrons. The first-order valence-electron chi connectivity index (χ1n) is 4.49. The monoisotopic (exact) mass is 232 g/mol. The summed E-state index contributed by atoms with van der Waals surface area (Å²) in [5.41, 5.74) is 8.38. The molecule has 0 aliphatic rings. The Morgan fingerprint density at radius 3 is 2.88 bits per heavy atom. The van der Waals surface area contributed by atoms with Gasteiger partial charge >= 0.3 is 5.97 Å². The van der Waals surface area contributed by atoms with Crippen LogP contribution in [0.2, 0.25) is 0 Å². The van der Waals surface area contributed by atoms with E-state index in [1.807, 2.05) is 0 Å². The van der Waals surface area contributed by atoms with Gasteiger partial charge in [0.25, 0.3) is 0 Å². The van der Waals surface area contributed by atoms with Crippen molar-refractivity contribution in [1.82, 2.24) is 4.98 Å². The zero-order valence-electron chi connectivity index (χ0n) is 8.33. The first kappa shape index (κ1) is 10.8. The highest BCUT2D eigenvalue weighted by atomic mass is 19.1. The van der Waals surface area contributed by atoms with Crippen molar-refractivity contribution >= 4 is 22.6 Å². The summed E-state index contributed by atoms with van der Waals surface area (Å²) in [4.78, 5) is 17.0. The smallest absolute Gasteiger partial charge is 0.337 e. The summed E-state index contributed by atoms with van der Waals surface area (Å²) in [5, 5.41) is 12.2. The lowest BCUT2D eigenvalue weighted by Crippen LogP contribution is -1.97. The van der Waals surface area contributed by atoms with E-state index in [-0.39, 0.29) is 11.3 Å². The van der Waals surface area contributed by atoms with Crippen molar-refractivity contribution in [2.75, 3.05) is 0 Å². The Labute approximate surface area is 94.0 Å². The normalized spacial score (nSPS) is 9.94. The van der Waals surface area contributed by atoms with E-state index in [0.717, 1.165) is 12.3 Å². The van der Waals surface area contributed by atoms with Gasteiger partial charge in [-0.15, -0.1) is 0 Å². The van der Waals surface area contributed by atoms with Crippen LogP contribution in [0.4, 0.5) is 10.1 Å². The summed E-state index contributed by atoms with van der Waals surface area (Å²) >= 11 is 0. The van der Waals surface area contributed by atoms with Gasteiger partial charge in [-0.1, -0.05) is 5.11 Å². The lowest BCUT2D eigenvalue weighted by Gasteiger charge is -2.01.